The number of piperidine rings is 1. The summed E-state index contributed by atoms with van der Waals surface area (Å²) in [7, 11) is 0. The van der Waals surface area contributed by atoms with E-state index in [4.69, 9.17) is 4.74 Å². The molecule has 86 valence electrons. The van der Waals surface area contributed by atoms with Gasteiger partial charge in [0, 0.05) is 12.7 Å². The maximum atomic E-state index is 11.8. The average molecular weight is 220 g/mol. The third kappa shape index (κ3) is 2.97. The van der Waals surface area contributed by atoms with E-state index in [1.54, 1.807) is 12.3 Å². The third-order valence-corrected chi connectivity index (χ3v) is 2.63. The summed E-state index contributed by atoms with van der Waals surface area (Å²) >= 11 is 0. The van der Waals surface area contributed by atoms with Crippen molar-refractivity contribution in [2.75, 3.05) is 13.1 Å². The Labute approximate surface area is 95.0 Å². The smallest absolute Gasteiger partial charge is 0.316 e. The number of carbonyl (C=O) groups is 1. The SMILES string of the molecule is O=C(OC1=CC=CC=CN1)C1CCCNC1. The van der Waals surface area contributed by atoms with Crippen molar-refractivity contribution in [3.63, 3.8) is 0 Å². The Bertz CT molecular complexity index is 339. The summed E-state index contributed by atoms with van der Waals surface area (Å²) in [5.74, 6) is 0.308. The molecule has 1 unspecified atom stereocenters. The molecule has 1 atom stereocenters. The summed E-state index contributed by atoms with van der Waals surface area (Å²) < 4.78 is 5.28. The zero-order valence-electron chi connectivity index (χ0n) is 9.11. The van der Waals surface area contributed by atoms with Crippen molar-refractivity contribution in [2.24, 2.45) is 5.92 Å². The van der Waals surface area contributed by atoms with Crippen LogP contribution in [0.15, 0.2) is 36.4 Å². The lowest BCUT2D eigenvalue weighted by atomic mass is 10.0. The van der Waals surface area contributed by atoms with E-state index < -0.39 is 0 Å². The van der Waals surface area contributed by atoms with E-state index in [9.17, 15) is 4.79 Å². The standard InChI is InChI=1S/C12H16N2O2/c15-12(10-5-4-7-13-9-10)16-11-6-2-1-3-8-14-11/h1-3,6,8,10,13-14H,4-5,7,9H2. The van der Waals surface area contributed by atoms with Crippen LogP contribution in [0.5, 0.6) is 0 Å². The largest absolute Gasteiger partial charge is 0.409 e. The highest BCUT2D eigenvalue weighted by molar-refractivity contribution is 5.74. The van der Waals surface area contributed by atoms with Crippen LogP contribution in [-0.4, -0.2) is 19.1 Å². The summed E-state index contributed by atoms with van der Waals surface area (Å²) in [6.07, 6.45) is 11.0. The first-order valence-electron chi connectivity index (χ1n) is 5.59. The minimum absolute atomic E-state index is 0.0207. The zero-order chi connectivity index (χ0) is 11.2. The topological polar surface area (TPSA) is 50.4 Å². The Balaban J connectivity index is 1.88. The molecule has 0 aromatic rings. The molecule has 2 heterocycles. The number of hydrogen-bond acceptors (Lipinski definition) is 4. The van der Waals surface area contributed by atoms with Gasteiger partial charge in [0.1, 0.15) is 0 Å². The molecule has 2 aliphatic rings. The van der Waals surface area contributed by atoms with E-state index in [2.05, 4.69) is 10.6 Å². The molecule has 2 aliphatic heterocycles. The Hall–Kier alpha value is -1.55. The van der Waals surface area contributed by atoms with Crippen molar-refractivity contribution >= 4 is 5.97 Å². The van der Waals surface area contributed by atoms with E-state index in [0.717, 1.165) is 25.9 Å². The molecule has 4 nitrogen and oxygen atoms in total. The van der Waals surface area contributed by atoms with Crippen LogP contribution < -0.4 is 10.6 Å². The molecule has 1 saturated heterocycles. The number of rotatable bonds is 2. The monoisotopic (exact) mass is 220 g/mol. The van der Waals surface area contributed by atoms with Gasteiger partial charge in [0.05, 0.1) is 5.92 Å². The quantitative estimate of drug-likeness (QED) is 0.683. The summed E-state index contributed by atoms with van der Waals surface area (Å²) in [6.45, 7) is 1.72. The molecule has 2 rings (SSSR count). The molecule has 0 radical (unpaired) electrons. The van der Waals surface area contributed by atoms with Gasteiger partial charge >= 0.3 is 5.97 Å². The van der Waals surface area contributed by atoms with Crippen LogP contribution in [-0.2, 0) is 9.53 Å². The van der Waals surface area contributed by atoms with E-state index in [1.807, 2.05) is 18.2 Å². The highest BCUT2D eigenvalue weighted by Crippen LogP contribution is 2.13. The molecule has 1 fully saturated rings. The van der Waals surface area contributed by atoms with Crippen molar-refractivity contribution in [3.8, 4) is 0 Å². The minimum Gasteiger partial charge on any atom is -0.409 e. The maximum absolute atomic E-state index is 11.8. The van der Waals surface area contributed by atoms with Gasteiger partial charge in [-0.15, -0.1) is 0 Å². The van der Waals surface area contributed by atoms with E-state index in [1.165, 1.54) is 0 Å². The van der Waals surface area contributed by atoms with Crippen molar-refractivity contribution < 1.29 is 9.53 Å². The lowest BCUT2D eigenvalue weighted by Gasteiger charge is -2.21. The van der Waals surface area contributed by atoms with Gasteiger partial charge in [0.2, 0.25) is 5.88 Å². The first kappa shape index (κ1) is 11.0. The zero-order valence-corrected chi connectivity index (χ0v) is 9.11. The molecule has 0 saturated carbocycles. The number of allylic oxidation sites excluding steroid dienone is 4. The van der Waals surface area contributed by atoms with Crippen molar-refractivity contribution in [2.45, 2.75) is 12.8 Å². The van der Waals surface area contributed by atoms with E-state index in [0.29, 0.717) is 5.88 Å². The number of hydrogen-bond donors (Lipinski definition) is 2. The van der Waals surface area contributed by atoms with Gasteiger partial charge in [-0.05, 0) is 31.5 Å². The van der Waals surface area contributed by atoms with Crippen LogP contribution in [0.3, 0.4) is 0 Å². The summed E-state index contributed by atoms with van der Waals surface area (Å²) in [5, 5.41) is 6.10. The molecule has 0 aromatic carbocycles. The second-order valence-corrected chi connectivity index (χ2v) is 3.88. The molecule has 0 spiro atoms. The van der Waals surface area contributed by atoms with Gasteiger partial charge < -0.3 is 15.4 Å². The molecule has 0 bridgehead atoms. The summed E-state index contributed by atoms with van der Waals surface area (Å²) in [5.41, 5.74) is 0. The van der Waals surface area contributed by atoms with Gasteiger partial charge in [-0.1, -0.05) is 12.2 Å². The predicted octanol–water partition coefficient (Wildman–Crippen LogP) is 1.04. The maximum Gasteiger partial charge on any atom is 0.316 e. The van der Waals surface area contributed by atoms with Gasteiger partial charge in [0.15, 0.2) is 0 Å². The molecule has 0 amide bonds. The number of esters is 1. The minimum atomic E-state index is -0.158. The molecule has 4 heteroatoms. The number of carbonyl (C=O) groups excluding carboxylic acids is 1. The molecule has 16 heavy (non-hydrogen) atoms. The van der Waals surface area contributed by atoms with Crippen LogP contribution in [0.1, 0.15) is 12.8 Å². The Morgan fingerprint density at radius 3 is 3.12 bits per heavy atom. The number of ether oxygens (including phenoxy) is 1. The second-order valence-electron chi connectivity index (χ2n) is 3.88. The lowest BCUT2D eigenvalue weighted by Crippen LogP contribution is -2.35. The van der Waals surface area contributed by atoms with Crippen LogP contribution in [0.2, 0.25) is 0 Å². The normalized spacial score (nSPS) is 24.2. The van der Waals surface area contributed by atoms with Crippen molar-refractivity contribution in [1.82, 2.24) is 10.6 Å². The predicted molar refractivity (Wildman–Crippen MR) is 61.2 cm³/mol. The lowest BCUT2D eigenvalue weighted by molar-refractivity contribution is -0.145. The Morgan fingerprint density at radius 2 is 2.31 bits per heavy atom. The fourth-order valence-corrected chi connectivity index (χ4v) is 1.75. The average Bonchev–Trinajstić information content (AvgIpc) is 2.59. The van der Waals surface area contributed by atoms with Crippen LogP contribution in [0.4, 0.5) is 0 Å². The van der Waals surface area contributed by atoms with Crippen LogP contribution in [0, 0.1) is 5.92 Å². The highest BCUT2D eigenvalue weighted by atomic mass is 16.5. The van der Waals surface area contributed by atoms with Crippen LogP contribution in [0.25, 0.3) is 0 Å². The van der Waals surface area contributed by atoms with Gasteiger partial charge in [-0.25, -0.2) is 0 Å². The van der Waals surface area contributed by atoms with Crippen molar-refractivity contribution in [1.29, 1.82) is 0 Å². The highest BCUT2D eigenvalue weighted by Gasteiger charge is 2.23. The summed E-state index contributed by atoms with van der Waals surface area (Å²) in [4.78, 5) is 11.8. The third-order valence-electron chi connectivity index (χ3n) is 2.63. The molecule has 2 N–H and O–H groups in total. The Kier molecular flexibility index (Phi) is 3.77. The van der Waals surface area contributed by atoms with Gasteiger partial charge in [-0.2, -0.15) is 0 Å². The summed E-state index contributed by atoms with van der Waals surface area (Å²) in [6, 6.07) is 0. The van der Waals surface area contributed by atoms with Gasteiger partial charge in [0.25, 0.3) is 0 Å². The molecular formula is C12H16N2O2. The van der Waals surface area contributed by atoms with Gasteiger partial charge in [-0.3, -0.25) is 4.79 Å². The molecule has 0 aliphatic carbocycles. The fourth-order valence-electron chi connectivity index (χ4n) is 1.75. The fraction of sp³-hybridized carbons (Fsp3) is 0.417. The van der Waals surface area contributed by atoms with E-state index in [-0.39, 0.29) is 11.9 Å². The van der Waals surface area contributed by atoms with Crippen molar-refractivity contribution in [3.05, 3.63) is 36.4 Å². The molecule has 0 aromatic heterocycles. The Morgan fingerprint density at radius 1 is 1.38 bits per heavy atom. The first-order chi connectivity index (χ1) is 7.86. The van der Waals surface area contributed by atoms with Crippen LogP contribution >= 0.6 is 0 Å². The molecular weight excluding hydrogens is 204 g/mol. The number of nitrogens with one attached hydrogen (secondary N) is 2. The second kappa shape index (κ2) is 5.51. The first-order valence-corrected chi connectivity index (χ1v) is 5.59. The van der Waals surface area contributed by atoms with E-state index >= 15 is 0 Å².